The average molecular weight is 460 g/mol. The Morgan fingerprint density at radius 1 is 1.16 bits per heavy atom. The summed E-state index contributed by atoms with van der Waals surface area (Å²) in [7, 11) is -2.21. The van der Waals surface area contributed by atoms with E-state index in [1.54, 1.807) is 55.3 Å². The van der Waals surface area contributed by atoms with Gasteiger partial charge < -0.3 is 15.0 Å². The fraction of sp³-hybridized carbons (Fsp3) is 0.391. The normalized spacial score (nSPS) is 16.4. The number of nitrogens with one attached hydrogen (secondary N) is 2. The molecule has 2 aromatic rings. The van der Waals surface area contributed by atoms with Gasteiger partial charge in [-0.1, -0.05) is 24.3 Å². The lowest BCUT2D eigenvalue weighted by Crippen LogP contribution is -2.45. The van der Waals surface area contributed by atoms with Gasteiger partial charge in [0, 0.05) is 38.0 Å². The number of nitrogens with zero attached hydrogens (tertiary/aromatic N) is 1. The highest BCUT2D eigenvalue weighted by atomic mass is 32.2. The molecule has 1 aliphatic heterocycles. The summed E-state index contributed by atoms with van der Waals surface area (Å²) in [5.41, 5.74) is 1.32. The van der Waals surface area contributed by atoms with Crippen molar-refractivity contribution in [1.29, 1.82) is 0 Å². The van der Waals surface area contributed by atoms with E-state index in [1.807, 2.05) is 0 Å². The van der Waals surface area contributed by atoms with Crippen LogP contribution in [0.25, 0.3) is 0 Å². The zero-order valence-electron chi connectivity index (χ0n) is 18.3. The molecule has 8 nitrogen and oxygen atoms in total. The number of sulfonamides is 1. The van der Waals surface area contributed by atoms with E-state index >= 15 is 0 Å². The van der Waals surface area contributed by atoms with E-state index in [-0.39, 0.29) is 22.6 Å². The molecule has 1 heterocycles. The zero-order valence-corrected chi connectivity index (χ0v) is 19.2. The number of carbonyl (C=O) groups is 2. The van der Waals surface area contributed by atoms with E-state index in [0.717, 1.165) is 12.8 Å². The number of amides is 2. The topological polar surface area (TPSA) is 105 Å². The number of hydrogen-bond acceptors (Lipinski definition) is 5. The van der Waals surface area contributed by atoms with Crippen molar-refractivity contribution in [3.05, 3.63) is 59.7 Å². The summed E-state index contributed by atoms with van der Waals surface area (Å²) in [6.45, 7) is 3.48. The van der Waals surface area contributed by atoms with Gasteiger partial charge in [-0.2, -0.15) is 0 Å². The second-order valence-corrected chi connectivity index (χ2v) is 9.48. The van der Waals surface area contributed by atoms with Gasteiger partial charge in [-0.15, -0.1) is 0 Å². The molecular formula is C23H29N3O5S. The van der Waals surface area contributed by atoms with E-state index in [0.29, 0.717) is 43.1 Å². The van der Waals surface area contributed by atoms with Crippen LogP contribution in [0.2, 0.25) is 0 Å². The van der Waals surface area contributed by atoms with E-state index in [1.165, 1.54) is 12.1 Å². The van der Waals surface area contributed by atoms with Gasteiger partial charge in [0.25, 0.3) is 15.9 Å². The van der Waals surface area contributed by atoms with Crippen LogP contribution in [0.3, 0.4) is 0 Å². The third-order valence-electron chi connectivity index (χ3n) is 5.43. The third-order valence-corrected chi connectivity index (χ3v) is 6.97. The molecule has 2 N–H and O–H groups in total. The Kier molecular flexibility index (Phi) is 7.87. The molecule has 1 atom stereocenters. The van der Waals surface area contributed by atoms with E-state index < -0.39 is 10.0 Å². The molecule has 172 valence electrons. The van der Waals surface area contributed by atoms with Crippen LogP contribution < -0.4 is 10.0 Å². The van der Waals surface area contributed by atoms with Crippen LogP contribution in [-0.2, 0) is 19.6 Å². The minimum absolute atomic E-state index is 0.0840. The highest BCUT2D eigenvalue weighted by Crippen LogP contribution is 2.22. The van der Waals surface area contributed by atoms with Crippen molar-refractivity contribution >= 4 is 27.5 Å². The summed E-state index contributed by atoms with van der Waals surface area (Å²) in [5, 5.41) is 2.83. The molecule has 1 saturated heterocycles. The standard InChI is InChI=1S/C23H29N3O5S/c1-17-7-3-4-11-21(17)32(29,30)25-20-10-5-8-18(15-20)23(28)26-13-6-9-19(16-26)22(27)24-12-14-31-2/h3-5,7-8,10-11,15,19,25H,6,9,12-14,16H2,1-2H3,(H,24,27)/t19-/m0/s1. The van der Waals surface area contributed by atoms with Crippen molar-refractivity contribution < 1.29 is 22.7 Å². The predicted molar refractivity (Wildman–Crippen MR) is 122 cm³/mol. The lowest BCUT2D eigenvalue weighted by Gasteiger charge is -2.32. The van der Waals surface area contributed by atoms with Crippen LogP contribution in [0.5, 0.6) is 0 Å². The number of likely N-dealkylation sites (tertiary alicyclic amines) is 1. The fourth-order valence-corrected chi connectivity index (χ4v) is 5.06. The number of hydrogen-bond donors (Lipinski definition) is 2. The van der Waals surface area contributed by atoms with Crippen LogP contribution in [0.15, 0.2) is 53.4 Å². The molecule has 1 aliphatic rings. The number of ether oxygens (including phenoxy) is 1. The fourth-order valence-electron chi connectivity index (χ4n) is 3.76. The first-order valence-corrected chi connectivity index (χ1v) is 12.0. The number of anilines is 1. The summed E-state index contributed by atoms with van der Waals surface area (Å²) in [5.74, 6) is -0.581. The van der Waals surface area contributed by atoms with Gasteiger partial charge in [0.05, 0.1) is 17.4 Å². The number of carbonyl (C=O) groups excluding carboxylic acids is 2. The molecule has 0 bridgehead atoms. The Labute approximate surface area is 189 Å². The molecule has 2 aromatic carbocycles. The maximum Gasteiger partial charge on any atom is 0.262 e. The summed E-state index contributed by atoms with van der Waals surface area (Å²) in [4.78, 5) is 27.3. The molecule has 0 spiro atoms. The first-order chi connectivity index (χ1) is 15.3. The van der Waals surface area contributed by atoms with Gasteiger partial charge in [-0.3, -0.25) is 14.3 Å². The van der Waals surface area contributed by atoms with Gasteiger partial charge in [0.2, 0.25) is 5.91 Å². The SMILES string of the molecule is COCCNC(=O)[C@H]1CCCN(C(=O)c2cccc(NS(=O)(=O)c3ccccc3C)c2)C1. The Balaban J connectivity index is 1.70. The Morgan fingerprint density at radius 2 is 1.94 bits per heavy atom. The molecule has 2 amide bonds. The molecular weight excluding hydrogens is 430 g/mol. The van der Waals surface area contributed by atoms with Crippen molar-refractivity contribution in [3.8, 4) is 0 Å². The Morgan fingerprint density at radius 3 is 2.69 bits per heavy atom. The summed E-state index contributed by atoms with van der Waals surface area (Å²) >= 11 is 0. The van der Waals surface area contributed by atoms with Gasteiger partial charge in [0.15, 0.2) is 0 Å². The first kappa shape index (κ1) is 23.7. The minimum Gasteiger partial charge on any atom is -0.383 e. The Hall–Kier alpha value is -2.91. The van der Waals surface area contributed by atoms with Gasteiger partial charge >= 0.3 is 0 Å². The van der Waals surface area contributed by atoms with Crippen LogP contribution in [-0.4, -0.2) is 58.5 Å². The smallest absolute Gasteiger partial charge is 0.262 e. The molecule has 0 aliphatic carbocycles. The number of aryl methyl sites for hydroxylation is 1. The third kappa shape index (κ3) is 5.86. The van der Waals surface area contributed by atoms with E-state index in [9.17, 15) is 18.0 Å². The van der Waals surface area contributed by atoms with Crippen molar-refractivity contribution in [2.75, 3.05) is 38.1 Å². The summed E-state index contributed by atoms with van der Waals surface area (Å²) in [6, 6.07) is 13.1. The molecule has 0 unspecified atom stereocenters. The van der Waals surface area contributed by atoms with Crippen LogP contribution in [0.1, 0.15) is 28.8 Å². The molecule has 3 rings (SSSR count). The molecule has 0 radical (unpaired) electrons. The quantitative estimate of drug-likeness (QED) is 0.590. The highest BCUT2D eigenvalue weighted by molar-refractivity contribution is 7.92. The van der Waals surface area contributed by atoms with Crippen LogP contribution in [0.4, 0.5) is 5.69 Å². The van der Waals surface area contributed by atoms with Crippen molar-refractivity contribution in [1.82, 2.24) is 10.2 Å². The van der Waals surface area contributed by atoms with Gasteiger partial charge in [0.1, 0.15) is 0 Å². The number of methoxy groups -OCH3 is 1. The van der Waals surface area contributed by atoms with Crippen molar-refractivity contribution in [2.45, 2.75) is 24.7 Å². The van der Waals surface area contributed by atoms with Gasteiger partial charge in [-0.05, 0) is 49.6 Å². The maximum absolute atomic E-state index is 13.1. The maximum atomic E-state index is 13.1. The van der Waals surface area contributed by atoms with E-state index in [4.69, 9.17) is 4.74 Å². The van der Waals surface area contributed by atoms with Crippen molar-refractivity contribution in [2.24, 2.45) is 5.92 Å². The summed E-state index contributed by atoms with van der Waals surface area (Å²) in [6.07, 6.45) is 1.45. The Bertz CT molecular complexity index is 1070. The molecule has 0 saturated carbocycles. The second-order valence-electron chi connectivity index (χ2n) is 7.83. The van der Waals surface area contributed by atoms with Crippen LogP contribution >= 0.6 is 0 Å². The number of benzene rings is 2. The summed E-state index contributed by atoms with van der Waals surface area (Å²) < 4.78 is 33.0. The minimum atomic E-state index is -3.78. The highest BCUT2D eigenvalue weighted by Gasteiger charge is 2.29. The molecule has 0 aromatic heterocycles. The van der Waals surface area contributed by atoms with Gasteiger partial charge in [-0.25, -0.2) is 8.42 Å². The lowest BCUT2D eigenvalue weighted by molar-refractivity contribution is -0.126. The number of rotatable bonds is 8. The zero-order chi connectivity index (χ0) is 23.1. The van der Waals surface area contributed by atoms with E-state index in [2.05, 4.69) is 10.0 Å². The monoisotopic (exact) mass is 459 g/mol. The first-order valence-electron chi connectivity index (χ1n) is 10.6. The van der Waals surface area contributed by atoms with Crippen LogP contribution in [0, 0.1) is 12.8 Å². The number of piperidine rings is 1. The largest absolute Gasteiger partial charge is 0.383 e. The predicted octanol–water partition coefficient (Wildman–Crippen LogP) is 2.41. The molecule has 1 fully saturated rings. The molecule has 9 heteroatoms. The molecule has 32 heavy (non-hydrogen) atoms. The van der Waals surface area contributed by atoms with Crippen molar-refractivity contribution in [3.63, 3.8) is 0 Å². The second kappa shape index (κ2) is 10.6. The average Bonchev–Trinajstić information content (AvgIpc) is 2.79. The lowest BCUT2D eigenvalue weighted by atomic mass is 9.96.